The lowest BCUT2D eigenvalue weighted by Crippen LogP contribution is -2.53. The van der Waals surface area contributed by atoms with Gasteiger partial charge in [0.25, 0.3) is 0 Å². The summed E-state index contributed by atoms with van der Waals surface area (Å²) in [6.45, 7) is 4.10. The summed E-state index contributed by atoms with van der Waals surface area (Å²) in [4.78, 5) is 17.1. The predicted octanol–water partition coefficient (Wildman–Crippen LogP) is 4.84. The van der Waals surface area contributed by atoms with Crippen LogP contribution in [0, 0.1) is 0 Å². The third-order valence-corrected chi connectivity index (χ3v) is 7.46. The molecule has 0 radical (unpaired) electrons. The van der Waals surface area contributed by atoms with Crippen LogP contribution in [0.15, 0.2) is 66.7 Å². The number of benzene rings is 3. The third kappa shape index (κ3) is 7.62. The maximum absolute atomic E-state index is 13.0. The van der Waals surface area contributed by atoms with Crippen LogP contribution in [-0.2, 0) is 24.2 Å². The molecule has 37 heavy (non-hydrogen) atoms. The Morgan fingerprint density at radius 2 is 1.68 bits per heavy atom. The Balaban J connectivity index is 1.20. The maximum atomic E-state index is 13.0. The van der Waals surface area contributed by atoms with Crippen molar-refractivity contribution >= 4 is 29.1 Å². The van der Waals surface area contributed by atoms with Gasteiger partial charge in [-0.15, -0.1) is 0 Å². The van der Waals surface area contributed by atoms with Crippen molar-refractivity contribution in [3.8, 4) is 11.5 Å². The summed E-state index contributed by atoms with van der Waals surface area (Å²) in [6, 6.07) is 20.9. The lowest BCUT2D eigenvalue weighted by atomic mass is 10.0. The van der Waals surface area contributed by atoms with Gasteiger partial charge in [-0.1, -0.05) is 59.6 Å². The molecule has 0 bridgehead atoms. The lowest BCUT2D eigenvalue weighted by Gasteiger charge is -2.36. The molecule has 3 aromatic carbocycles. The fraction of sp³-hybridized carbons (Fsp3) is 0.345. The molecule has 1 fully saturated rings. The van der Waals surface area contributed by atoms with E-state index in [1.54, 1.807) is 13.2 Å². The zero-order valence-corrected chi connectivity index (χ0v) is 22.5. The van der Waals surface area contributed by atoms with E-state index >= 15 is 0 Å². The van der Waals surface area contributed by atoms with E-state index in [0.717, 1.165) is 47.7 Å². The van der Waals surface area contributed by atoms with Crippen molar-refractivity contribution in [2.24, 2.45) is 5.73 Å². The first-order chi connectivity index (χ1) is 17.9. The van der Waals surface area contributed by atoms with Gasteiger partial charge in [-0.05, 0) is 53.4 Å². The van der Waals surface area contributed by atoms with Gasteiger partial charge in [0.05, 0.1) is 29.8 Å². The molecule has 1 heterocycles. The van der Waals surface area contributed by atoms with E-state index < -0.39 is 6.04 Å². The van der Waals surface area contributed by atoms with Crippen LogP contribution >= 0.6 is 23.2 Å². The first-order valence-electron chi connectivity index (χ1n) is 12.5. The first kappa shape index (κ1) is 27.3. The number of nitrogens with zero attached hydrogens (tertiary/aromatic N) is 2. The Morgan fingerprint density at radius 1 is 0.946 bits per heavy atom. The molecule has 1 atom stereocenters. The van der Waals surface area contributed by atoms with Gasteiger partial charge in [0.15, 0.2) is 0 Å². The average molecular weight is 543 g/mol. The number of amides is 1. The molecule has 6 nitrogen and oxygen atoms in total. The molecule has 0 spiro atoms. The van der Waals surface area contributed by atoms with E-state index in [1.165, 1.54) is 0 Å². The minimum absolute atomic E-state index is 0.0148. The van der Waals surface area contributed by atoms with E-state index in [4.69, 9.17) is 38.4 Å². The molecule has 196 valence electrons. The molecular weight excluding hydrogens is 509 g/mol. The van der Waals surface area contributed by atoms with Crippen LogP contribution in [0.2, 0.25) is 10.0 Å². The highest BCUT2D eigenvalue weighted by molar-refractivity contribution is 6.42. The number of rotatable bonds is 10. The number of ether oxygens (including phenoxy) is 2. The average Bonchev–Trinajstić information content (AvgIpc) is 2.92. The number of nitrogens with two attached hydrogens (primary N) is 1. The van der Waals surface area contributed by atoms with Crippen LogP contribution in [0.4, 0.5) is 0 Å². The molecular formula is C29H33Cl2N3O3. The third-order valence-electron chi connectivity index (χ3n) is 6.60. The van der Waals surface area contributed by atoms with Gasteiger partial charge in [0.1, 0.15) is 11.5 Å². The molecule has 1 saturated heterocycles. The van der Waals surface area contributed by atoms with E-state index in [1.807, 2.05) is 59.5 Å². The monoisotopic (exact) mass is 541 g/mol. The summed E-state index contributed by atoms with van der Waals surface area (Å²) in [6.07, 6.45) is 1.28. The molecule has 1 aliphatic heterocycles. The fourth-order valence-corrected chi connectivity index (χ4v) is 4.83. The molecule has 8 heteroatoms. The molecule has 0 aliphatic carbocycles. The van der Waals surface area contributed by atoms with Crippen LogP contribution in [0.5, 0.6) is 11.5 Å². The highest BCUT2D eigenvalue weighted by Crippen LogP contribution is 2.27. The summed E-state index contributed by atoms with van der Waals surface area (Å²) in [7, 11) is 1.66. The molecule has 3 aromatic rings. The fourth-order valence-electron chi connectivity index (χ4n) is 4.45. The van der Waals surface area contributed by atoms with Crippen LogP contribution in [-0.4, -0.2) is 61.6 Å². The molecule has 1 unspecified atom stereocenters. The van der Waals surface area contributed by atoms with Gasteiger partial charge in [-0.25, -0.2) is 0 Å². The van der Waals surface area contributed by atoms with Gasteiger partial charge in [0.2, 0.25) is 5.91 Å². The molecule has 4 rings (SSSR count). The number of methoxy groups -OCH3 is 1. The van der Waals surface area contributed by atoms with E-state index in [-0.39, 0.29) is 5.91 Å². The maximum Gasteiger partial charge on any atom is 0.239 e. The zero-order valence-electron chi connectivity index (χ0n) is 21.0. The first-order valence-corrected chi connectivity index (χ1v) is 13.2. The number of hydrogen-bond donors (Lipinski definition) is 1. The number of carbonyl (C=O) groups excluding carboxylic acids is 1. The van der Waals surface area contributed by atoms with Crippen molar-refractivity contribution in [2.45, 2.75) is 25.4 Å². The van der Waals surface area contributed by atoms with Gasteiger partial charge in [-0.3, -0.25) is 9.69 Å². The van der Waals surface area contributed by atoms with Crippen molar-refractivity contribution in [3.05, 3.63) is 93.5 Å². The van der Waals surface area contributed by atoms with Crippen molar-refractivity contribution in [2.75, 3.05) is 39.9 Å². The SMILES string of the molecule is COc1cccc(CCOc2ccc(CC(N)C(=O)N3CCN(Cc4cccc(Cl)c4Cl)CC3)cc2)c1. The van der Waals surface area contributed by atoms with Gasteiger partial charge in [-0.2, -0.15) is 0 Å². The van der Waals surface area contributed by atoms with E-state index in [2.05, 4.69) is 11.0 Å². The summed E-state index contributed by atoms with van der Waals surface area (Å²) >= 11 is 12.5. The van der Waals surface area contributed by atoms with Gasteiger partial charge < -0.3 is 20.1 Å². The molecule has 2 N–H and O–H groups in total. The summed E-state index contributed by atoms with van der Waals surface area (Å²) in [5, 5.41) is 1.16. The second-order valence-corrected chi connectivity index (χ2v) is 10.0. The molecule has 1 aliphatic rings. The van der Waals surface area contributed by atoms with Crippen molar-refractivity contribution in [3.63, 3.8) is 0 Å². The minimum Gasteiger partial charge on any atom is -0.497 e. The Hall–Kier alpha value is -2.77. The Kier molecular flexibility index (Phi) is 9.69. The summed E-state index contributed by atoms with van der Waals surface area (Å²) < 4.78 is 11.2. The van der Waals surface area contributed by atoms with Crippen LogP contribution < -0.4 is 15.2 Å². The minimum atomic E-state index is -0.575. The molecule has 0 aromatic heterocycles. The smallest absolute Gasteiger partial charge is 0.239 e. The quantitative estimate of drug-likeness (QED) is 0.397. The summed E-state index contributed by atoms with van der Waals surface area (Å²) in [5.74, 6) is 1.62. The highest BCUT2D eigenvalue weighted by Gasteiger charge is 2.25. The predicted molar refractivity (Wildman–Crippen MR) is 149 cm³/mol. The van der Waals surface area contributed by atoms with Gasteiger partial charge >= 0.3 is 0 Å². The molecule has 0 saturated carbocycles. The number of halogens is 2. The van der Waals surface area contributed by atoms with Crippen LogP contribution in [0.3, 0.4) is 0 Å². The van der Waals surface area contributed by atoms with E-state index in [0.29, 0.717) is 42.7 Å². The number of hydrogen-bond acceptors (Lipinski definition) is 5. The highest BCUT2D eigenvalue weighted by atomic mass is 35.5. The van der Waals surface area contributed by atoms with Crippen LogP contribution in [0.25, 0.3) is 0 Å². The summed E-state index contributed by atoms with van der Waals surface area (Å²) in [5.41, 5.74) is 9.47. The standard InChI is InChI=1S/C29H33Cl2N3O3/c1-36-25-6-2-4-21(18-25)12-17-37-24-10-8-22(9-11-24)19-27(32)29(35)34-15-13-33(14-16-34)20-23-5-3-7-26(30)28(23)31/h2-11,18,27H,12-17,19-20,32H2,1H3. The van der Waals surface area contributed by atoms with Crippen molar-refractivity contribution in [1.29, 1.82) is 0 Å². The Morgan fingerprint density at radius 3 is 2.41 bits per heavy atom. The lowest BCUT2D eigenvalue weighted by molar-refractivity contribution is -0.134. The number of carbonyl (C=O) groups is 1. The van der Waals surface area contributed by atoms with Gasteiger partial charge in [0, 0.05) is 39.1 Å². The second-order valence-electron chi connectivity index (χ2n) is 9.22. The Labute approximate surface area is 228 Å². The topological polar surface area (TPSA) is 68.0 Å². The van der Waals surface area contributed by atoms with E-state index in [9.17, 15) is 4.79 Å². The zero-order chi connectivity index (χ0) is 26.2. The van der Waals surface area contributed by atoms with Crippen molar-refractivity contribution < 1.29 is 14.3 Å². The Bertz CT molecular complexity index is 1180. The normalized spacial score (nSPS) is 14.9. The second kappa shape index (κ2) is 13.2. The largest absolute Gasteiger partial charge is 0.497 e. The number of piperazine rings is 1. The molecule has 1 amide bonds. The van der Waals surface area contributed by atoms with Crippen molar-refractivity contribution in [1.82, 2.24) is 9.80 Å². The van der Waals surface area contributed by atoms with Crippen LogP contribution in [0.1, 0.15) is 16.7 Å².